The number of rotatable bonds is 21. The smallest absolute Gasteiger partial charge is 0.256 e. The van der Waals surface area contributed by atoms with Crippen LogP contribution in [0.1, 0.15) is 0 Å². The van der Waals surface area contributed by atoms with Crippen molar-refractivity contribution in [3.63, 3.8) is 0 Å². The number of methoxy groups -OCH3 is 1. The van der Waals surface area contributed by atoms with Gasteiger partial charge in [-0.25, -0.2) is 0 Å². The minimum absolute atomic E-state index is 0.0291. The van der Waals surface area contributed by atoms with Crippen molar-refractivity contribution in [3.05, 3.63) is 6.20 Å². The second-order valence-corrected chi connectivity index (χ2v) is 5.75. The highest BCUT2D eigenvalue weighted by Crippen LogP contribution is 2.16. The molecular formula is C18H35N3O8. The van der Waals surface area contributed by atoms with Gasteiger partial charge in [0.25, 0.3) is 5.88 Å². The average Bonchev–Trinajstić information content (AvgIpc) is 3.09. The molecule has 1 heterocycles. The molecule has 0 aliphatic carbocycles. The minimum Gasteiger partial charge on any atom is -0.478 e. The number of nitrogen functional groups attached to an aromatic ring is 1. The van der Waals surface area contributed by atoms with Crippen LogP contribution in [0.5, 0.6) is 5.88 Å². The van der Waals surface area contributed by atoms with Gasteiger partial charge in [-0.2, -0.15) is 0 Å². The largest absolute Gasteiger partial charge is 0.478 e. The molecule has 0 bridgehead atoms. The average molecular weight is 421 g/mol. The maximum atomic E-state index is 8.53. The van der Waals surface area contributed by atoms with Crippen molar-refractivity contribution in [2.75, 3.05) is 98.7 Å². The molecule has 11 heteroatoms. The lowest BCUT2D eigenvalue weighted by Gasteiger charge is -2.08. The molecule has 11 nitrogen and oxygen atoms in total. The molecule has 3 N–H and O–H groups in total. The molecule has 0 saturated carbocycles. The summed E-state index contributed by atoms with van der Waals surface area (Å²) in [6.45, 7) is 6.51. The normalized spacial score (nSPS) is 11.2. The third kappa shape index (κ3) is 14.2. The molecule has 0 fully saturated rings. The molecule has 0 radical (unpaired) electrons. The quantitative estimate of drug-likeness (QED) is 0.252. The van der Waals surface area contributed by atoms with Crippen molar-refractivity contribution < 1.29 is 38.3 Å². The Labute approximate surface area is 171 Å². The Morgan fingerprint density at radius 2 is 1.17 bits per heavy atom. The van der Waals surface area contributed by atoms with E-state index in [-0.39, 0.29) is 6.61 Å². The SMILES string of the molecule is COc1nn(CCOCCOCCOCCOCCOCCOCCO)cc1N. The molecule has 0 aliphatic rings. The van der Waals surface area contributed by atoms with E-state index in [1.165, 1.54) is 7.11 Å². The molecule has 0 amide bonds. The summed E-state index contributed by atoms with van der Waals surface area (Å²) in [5.41, 5.74) is 6.23. The summed E-state index contributed by atoms with van der Waals surface area (Å²) in [6.07, 6.45) is 1.71. The highest BCUT2D eigenvalue weighted by Gasteiger charge is 2.04. The van der Waals surface area contributed by atoms with Gasteiger partial charge in [-0.1, -0.05) is 0 Å². The van der Waals surface area contributed by atoms with Crippen LogP contribution in [0.25, 0.3) is 0 Å². The summed E-state index contributed by atoms with van der Waals surface area (Å²) < 4.78 is 38.7. The molecule has 29 heavy (non-hydrogen) atoms. The van der Waals surface area contributed by atoms with E-state index < -0.39 is 0 Å². The van der Waals surface area contributed by atoms with Gasteiger partial charge in [0, 0.05) is 0 Å². The van der Waals surface area contributed by atoms with E-state index in [1.54, 1.807) is 10.9 Å². The molecule has 170 valence electrons. The fourth-order valence-corrected chi connectivity index (χ4v) is 2.12. The summed E-state index contributed by atoms with van der Waals surface area (Å²) in [7, 11) is 1.53. The van der Waals surface area contributed by atoms with Crippen LogP contribution in [-0.2, 0) is 35.0 Å². The summed E-state index contributed by atoms with van der Waals surface area (Å²) in [5.74, 6) is 0.424. The Morgan fingerprint density at radius 1 is 0.759 bits per heavy atom. The van der Waals surface area contributed by atoms with Gasteiger partial charge in [-0.05, 0) is 0 Å². The fourth-order valence-electron chi connectivity index (χ4n) is 2.12. The maximum absolute atomic E-state index is 8.53. The first-order chi connectivity index (χ1) is 14.3. The molecule has 0 aliphatic heterocycles. The standard InChI is InChI=1S/C18H35N3O8/c1-23-18-17(19)16-21(20-18)2-4-24-6-8-26-10-12-28-14-15-29-13-11-27-9-7-25-5-3-22/h16,22H,2-15,19H2,1H3. The zero-order valence-corrected chi connectivity index (χ0v) is 17.3. The number of aromatic nitrogens is 2. The molecule has 1 rings (SSSR count). The van der Waals surface area contributed by atoms with Gasteiger partial charge in [0.15, 0.2) is 0 Å². The predicted octanol–water partition coefficient (Wildman–Crippen LogP) is -0.434. The number of hydrogen-bond acceptors (Lipinski definition) is 10. The van der Waals surface area contributed by atoms with E-state index in [1.807, 2.05) is 0 Å². The number of hydrogen-bond donors (Lipinski definition) is 2. The van der Waals surface area contributed by atoms with Crippen molar-refractivity contribution in [1.82, 2.24) is 9.78 Å². The van der Waals surface area contributed by atoms with Crippen LogP contribution >= 0.6 is 0 Å². The van der Waals surface area contributed by atoms with E-state index in [0.29, 0.717) is 97.4 Å². The van der Waals surface area contributed by atoms with E-state index >= 15 is 0 Å². The van der Waals surface area contributed by atoms with E-state index in [4.69, 9.17) is 44.0 Å². The summed E-state index contributed by atoms with van der Waals surface area (Å²) in [6, 6.07) is 0. The van der Waals surface area contributed by atoms with E-state index in [2.05, 4.69) is 5.10 Å². The Balaban J connectivity index is 1.74. The topological polar surface area (TPSA) is 129 Å². The summed E-state index contributed by atoms with van der Waals surface area (Å²) in [5, 5.41) is 12.7. The number of nitrogens with two attached hydrogens (primary N) is 1. The van der Waals surface area contributed by atoms with Gasteiger partial charge in [-0.3, -0.25) is 4.68 Å². The van der Waals surface area contributed by atoms with Crippen LogP contribution in [0, 0.1) is 0 Å². The van der Waals surface area contributed by atoms with E-state index in [0.717, 1.165) is 0 Å². The van der Waals surface area contributed by atoms with Gasteiger partial charge < -0.3 is 44.0 Å². The molecule has 0 spiro atoms. The number of aliphatic hydroxyl groups is 1. The number of anilines is 1. The van der Waals surface area contributed by atoms with Gasteiger partial charge in [0.1, 0.15) is 5.69 Å². The summed E-state index contributed by atoms with van der Waals surface area (Å²) >= 11 is 0. The van der Waals surface area contributed by atoms with Crippen molar-refractivity contribution in [1.29, 1.82) is 0 Å². The molecule has 1 aromatic rings. The molecular weight excluding hydrogens is 386 g/mol. The molecule has 0 atom stereocenters. The van der Waals surface area contributed by atoms with Crippen molar-refractivity contribution >= 4 is 5.69 Å². The minimum atomic E-state index is 0.0291. The van der Waals surface area contributed by atoms with Crippen molar-refractivity contribution in [2.24, 2.45) is 0 Å². The zero-order valence-electron chi connectivity index (χ0n) is 17.3. The Morgan fingerprint density at radius 3 is 1.55 bits per heavy atom. The third-order valence-corrected chi connectivity index (χ3v) is 3.51. The Bertz CT molecular complexity index is 490. The first kappa shape index (κ1) is 25.6. The van der Waals surface area contributed by atoms with Gasteiger partial charge in [0.05, 0.1) is 106 Å². The van der Waals surface area contributed by atoms with Crippen LogP contribution in [0.3, 0.4) is 0 Å². The Hall–Kier alpha value is -1.47. The highest BCUT2D eigenvalue weighted by molar-refractivity contribution is 5.45. The Kier molecular flexibility index (Phi) is 16.4. The van der Waals surface area contributed by atoms with Crippen LogP contribution in [0.4, 0.5) is 5.69 Å². The monoisotopic (exact) mass is 421 g/mol. The molecule has 0 aromatic carbocycles. The van der Waals surface area contributed by atoms with Gasteiger partial charge >= 0.3 is 0 Å². The zero-order chi connectivity index (χ0) is 21.0. The number of ether oxygens (including phenoxy) is 7. The number of nitrogens with zero attached hydrogens (tertiary/aromatic N) is 2. The molecule has 1 aromatic heterocycles. The van der Waals surface area contributed by atoms with Crippen LogP contribution in [0.2, 0.25) is 0 Å². The lowest BCUT2D eigenvalue weighted by atomic mass is 10.6. The third-order valence-electron chi connectivity index (χ3n) is 3.51. The maximum Gasteiger partial charge on any atom is 0.256 e. The van der Waals surface area contributed by atoms with Crippen LogP contribution in [0.15, 0.2) is 6.20 Å². The van der Waals surface area contributed by atoms with E-state index in [9.17, 15) is 0 Å². The predicted molar refractivity (Wildman–Crippen MR) is 105 cm³/mol. The van der Waals surface area contributed by atoms with Gasteiger partial charge in [0.2, 0.25) is 0 Å². The lowest BCUT2D eigenvalue weighted by Crippen LogP contribution is -2.14. The van der Waals surface area contributed by atoms with Gasteiger partial charge in [-0.15, -0.1) is 5.10 Å². The molecule has 0 unspecified atom stereocenters. The second-order valence-electron chi connectivity index (χ2n) is 5.75. The van der Waals surface area contributed by atoms with Crippen LogP contribution < -0.4 is 10.5 Å². The first-order valence-electron chi connectivity index (χ1n) is 9.72. The second kappa shape index (κ2) is 18.6. The first-order valence-corrected chi connectivity index (χ1v) is 9.72. The summed E-state index contributed by atoms with van der Waals surface area (Å²) in [4.78, 5) is 0. The van der Waals surface area contributed by atoms with Crippen molar-refractivity contribution in [2.45, 2.75) is 6.54 Å². The van der Waals surface area contributed by atoms with Crippen molar-refractivity contribution in [3.8, 4) is 5.88 Å². The number of aliphatic hydroxyl groups excluding tert-OH is 1. The molecule has 0 saturated heterocycles. The fraction of sp³-hybridized carbons (Fsp3) is 0.833. The lowest BCUT2D eigenvalue weighted by molar-refractivity contribution is -0.0184. The highest BCUT2D eigenvalue weighted by atomic mass is 16.6. The van der Waals surface area contributed by atoms with Crippen LogP contribution in [-0.4, -0.2) is 108 Å².